The second-order valence-electron chi connectivity index (χ2n) is 4.09. The number of hydrogen-bond donors (Lipinski definition) is 2. The van der Waals surface area contributed by atoms with Crippen LogP contribution < -0.4 is 5.32 Å². The van der Waals surface area contributed by atoms with Crippen molar-refractivity contribution in [3.63, 3.8) is 0 Å². The first-order valence-corrected chi connectivity index (χ1v) is 5.40. The normalized spacial score (nSPS) is 10.5. The molecule has 0 amide bonds. The van der Waals surface area contributed by atoms with Crippen LogP contribution in [0.5, 0.6) is 0 Å². The second-order valence-corrected chi connectivity index (χ2v) is 4.09. The second kappa shape index (κ2) is 4.41. The lowest BCUT2D eigenvalue weighted by Crippen LogP contribution is -2.13. The first-order valence-electron chi connectivity index (χ1n) is 5.40. The first kappa shape index (κ1) is 11.4. The van der Waals surface area contributed by atoms with Gasteiger partial charge in [0.15, 0.2) is 0 Å². The van der Waals surface area contributed by atoms with Crippen LogP contribution in [0, 0.1) is 13.8 Å². The Morgan fingerprint density at radius 1 is 1.35 bits per heavy atom. The summed E-state index contributed by atoms with van der Waals surface area (Å²) in [7, 11) is 0. The molecule has 1 aromatic carbocycles. The highest BCUT2D eigenvalue weighted by atomic mass is 16.4. The van der Waals surface area contributed by atoms with E-state index in [4.69, 9.17) is 5.11 Å². The Hall–Kier alpha value is -2.10. The SMILES string of the molecule is Cc1ccc2nc(NCC(=O)O)cc(C)c2c1. The molecule has 0 aliphatic carbocycles. The summed E-state index contributed by atoms with van der Waals surface area (Å²) in [4.78, 5) is 14.9. The predicted octanol–water partition coefficient (Wildman–Crippen LogP) is 2.35. The summed E-state index contributed by atoms with van der Waals surface area (Å²) >= 11 is 0. The molecular weight excluding hydrogens is 216 g/mol. The lowest BCUT2D eigenvalue weighted by Gasteiger charge is -2.08. The number of carboxylic acids is 1. The van der Waals surface area contributed by atoms with Crippen molar-refractivity contribution in [2.45, 2.75) is 13.8 Å². The van der Waals surface area contributed by atoms with Crippen LogP contribution in [0.15, 0.2) is 24.3 Å². The Bertz CT molecular complexity index is 579. The smallest absolute Gasteiger partial charge is 0.322 e. The third-order valence-corrected chi connectivity index (χ3v) is 2.59. The Kier molecular flexibility index (Phi) is 2.95. The van der Waals surface area contributed by atoms with Crippen LogP contribution in [0.25, 0.3) is 10.9 Å². The van der Waals surface area contributed by atoms with Crippen molar-refractivity contribution in [3.05, 3.63) is 35.4 Å². The number of fused-ring (bicyclic) bond motifs is 1. The molecule has 2 aromatic rings. The van der Waals surface area contributed by atoms with Crippen molar-refractivity contribution in [1.29, 1.82) is 0 Å². The highest BCUT2D eigenvalue weighted by Crippen LogP contribution is 2.21. The molecule has 4 heteroatoms. The number of hydrogen-bond acceptors (Lipinski definition) is 3. The van der Waals surface area contributed by atoms with Crippen molar-refractivity contribution in [2.75, 3.05) is 11.9 Å². The highest BCUT2D eigenvalue weighted by molar-refractivity contribution is 5.84. The number of rotatable bonds is 3. The summed E-state index contributed by atoms with van der Waals surface area (Å²) in [5.41, 5.74) is 3.16. The van der Waals surface area contributed by atoms with Crippen LogP contribution >= 0.6 is 0 Å². The lowest BCUT2D eigenvalue weighted by molar-refractivity contribution is -0.134. The summed E-state index contributed by atoms with van der Waals surface area (Å²) in [6.45, 7) is 3.91. The van der Waals surface area contributed by atoms with Gasteiger partial charge in [-0.3, -0.25) is 4.79 Å². The lowest BCUT2D eigenvalue weighted by atomic mass is 10.1. The Balaban J connectivity index is 2.41. The van der Waals surface area contributed by atoms with Crippen molar-refractivity contribution in [2.24, 2.45) is 0 Å². The zero-order chi connectivity index (χ0) is 12.4. The number of benzene rings is 1. The third-order valence-electron chi connectivity index (χ3n) is 2.59. The van der Waals surface area contributed by atoms with Crippen LogP contribution in [-0.4, -0.2) is 22.6 Å². The summed E-state index contributed by atoms with van der Waals surface area (Å²) in [6, 6.07) is 7.89. The molecule has 0 aliphatic rings. The van der Waals surface area contributed by atoms with Crippen LogP contribution in [0.2, 0.25) is 0 Å². The molecule has 0 atom stereocenters. The van der Waals surface area contributed by atoms with E-state index in [0.29, 0.717) is 5.82 Å². The molecule has 2 N–H and O–H groups in total. The Morgan fingerprint density at radius 3 is 2.82 bits per heavy atom. The quantitative estimate of drug-likeness (QED) is 0.849. The molecular formula is C13H14N2O2. The molecule has 0 bridgehead atoms. The number of aromatic nitrogens is 1. The van der Waals surface area contributed by atoms with E-state index in [2.05, 4.69) is 16.4 Å². The van der Waals surface area contributed by atoms with Gasteiger partial charge in [0.25, 0.3) is 0 Å². The number of aliphatic carboxylic acids is 1. The van der Waals surface area contributed by atoms with E-state index in [1.807, 2.05) is 32.0 Å². The van der Waals surface area contributed by atoms with Crippen LogP contribution in [-0.2, 0) is 4.79 Å². The van der Waals surface area contributed by atoms with E-state index in [-0.39, 0.29) is 6.54 Å². The molecule has 17 heavy (non-hydrogen) atoms. The van der Waals surface area contributed by atoms with E-state index in [9.17, 15) is 4.79 Å². The molecule has 1 aromatic heterocycles. The summed E-state index contributed by atoms with van der Waals surface area (Å²) in [5, 5.41) is 12.5. The number of anilines is 1. The third kappa shape index (κ3) is 2.53. The number of nitrogens with one attached hydrogen (secondary N) is 1. The van der Waals surface area contributed by atoms with Gasteiger partial charge in [-0.15, -0.1) is 0 Å². The number of carbonyl (C=O) groups is 1. The van der Waals surface area contributed by atoms with Crippen molar-refractivity contribution in [1.82, 2.24) is 4.98 Å². The average Bonchev–Trinajstić information content (AvgIpc) is 2.27. The number of carboxylic acid groups (broad SMARTS) is 1. The van der Waals surface area contributed by atoms with E-state index < -0.39 is 5.97 Å². The molecule has 88 valence electrons. The van der Waals surface area contributed by atoms with Gasteiger partial charge in [-0.2, -0.15) is 0 Å². The van der Waals surface area contributed by atoms with E-state index in [1.165, 1.54) is 5.56 Å². The predicted molar refractivity (Wildman–Crippen MR) is 67.3 cm³/mol. The molecule has 0 saturated heterocycles. The van der Waals surface area contributed by atoms with Gasteiger partial charge < -0.3 is 10.4 Å². The fraction of sp³-hybridized carbons (Fsp3) is 0.231. The summed E-state index contributed by atoms with van der Waals surface area (Å²) in [6.07, 6.45) is 0. The Labute approximate surface area is 99.3 Å². The van der Waals surface area contributed by atoms with E-state index >= 15 is 0 Å². The molecule has 0 saturated carbocycles. The summed E-state index contributed by atoms with van der Waals surface area (Å²) < 4.78 is 0. The number of aryl methyl sites for hydroxylation is 2. The first-order chi connectivity index (χ1) is 8.06. The maximum atomic E-state index is 10.5. The number of nitrogens with zero attached hydrogens (tertiary/aromatic N) is 1. The zero-order valence-electron chi connectivity index (χ0n) is 9.82. The summed E-state index contributed by atoms with van der Waals surface area (Å²) in [5.74, 6) is -0.297. The molecule has 4 nitrogen and oxygen atoms in total. The number of pyridine rings is 1. The Morgan fingerprint density at radius 2 is 2.12 bits per heavy atom. The highest BCUT2D eigenvalue weighted by Gasteiger charge is 2.04. The van der Waals surface area contributed by atoms with Gasteiger partial charge in [-0.05, 0) is 37.6 Å². The topological polar surface area (TPSA) is 62.2 Å². The zero-order valence-corrected chi connectivity index (χ0v) is 9.82. The largest absolute Gasteiger partial charge is 0.480 e. The minimum absolute atomic E-state index is 0.121. The van der Waals surface area contributed by atoms with E-state index in [1.54, 1.807) is 0 Å². The average molecular weight is 230 g/mol. The van der Waals surface area contributed by atoms with E-state index in [0.717, 1.165) is 16.5 Å². The van der Waals surface area contributed by atoms with Gasteiger partial charge >= 0.3 is 5.97 Å². The van der Waals surface area contributed by atoms with Crippen LogP contribution in [0.4, 0.5) is 5.82 Å². The van der Waals surface area contributed by atoms with Crippen molar-refractivity contribution in [3.8, 4) is 0 Å². The van der Waals surface area contributed by atoms with Gasteiger partial charge in [0.05, 0.1) is 5.52 Å². The molecule has 0 fully saturated rings. The molecule has 0 spiro atoms. The van der Waals surface area contributed by atoms with Gasteiger partial charge in [0, 0.05) is 5.39 Å². The van der Waals surface area contributed by atoms with Crippen molar-refractivity contribution >= 4 is 22.7 Å². The van der Waals surface area contributed by atoms with Gasteiger partial charge in [-0.25, -0.2) is 4.98 Å². The maximum absolute atomic E-state index is 10.5. The molecule has 0 unspecified atom stereocenters. The minimum atomic E-state index is -0.895. The standard InChI is InChI=1S/C13H14N2O2/c1-8-3-4-11-10(5-8)9(2)6-12(15-11)14-7-13(16)17/h3-6H,7H2,1-2H3,(H,14,15)(H,16,17). The maximum Gasteiger partial charge on any atom is 0.322 e. The van der Waals surface area contributed by atoms with Crippen LogP contribution in [0.1, 0.15) is 11.1 Å². The molecule has 0 radical (unpaired) electrons. The molecule has 2 rings (SSSR count). The van der Waals surface area contributed by atoms with Gasteiger partial charge in [-0.1, -0.05) is 11.6 Å². The van der Waals surface area contributed by atoms with Crippen LogP contribution in [0.3, 0.4) is 0 Å². The molecule has 1 heterocycles. The van der Waals surface area contributed by atoms with Gasteiger partial charge in [0.1, 0.15) is 12.4 Å². The minimum Gasteiger partial charge on any atom is -0.480 e. The fourth-order valence-corrected chi connectivity index (χ4v) is 1.76. The fourth-order valence-electron chi connectivity index (χ4n) is 1.76. The molecule has 0 aliphatic heterocycles. The van der Waals surface area contributed by atoms with Gasteiger partial charge in [0.2, 0.25) is 0 Å². The van der Waals surface area contributed by atoms with Crippen molar-refractivity contribution < 1.29 is 9.90 Å². The monoisotopic (exact) mass is 230 g/mol.